The summed E-state index contributed by atoms with van der Waals surface area (Å²) in [7, 11) is 5.70. The number of carbonyl (C=O) groups excluding carboxylic acids is 2. The molecule has 2 N–H and O–H groups in total. The Morgan fingerprint density at radius 1 is 1.07 bits per heavy atom. The van der Waals surface area contributed by atoms with Crippen molar-refractivity contribution in [2.45, 2.75) is 18.9 Å². The van der Waals surface area contributed by atoms with Crippen LogP contribution in [-0.4, -0.2) is 68.5 Å². The molecule has 1 aliphatic rings. The molecule has 0 radical (unpaired) electrons. The molecule has 2 aromatic carbocycles. The van der Waals surface area contributed by atoms with E-state index >= 15 is 0 Å². The van der Waals surface area contributed by atoms with Crippen molar-refractivity contribution in [1.82, 2.24) is 9.80 Å². The third kappa shape index (κ3) is 5.81. The minimum atomic E-state index is -0.278. The molecule has 0 unspecified atom stereocenters. The molecular formula is C23H30N4O3. The Balaban J connectivity index is 1.61. The molecule has 0 aromatic heterocycles. The van der Waals surface area contributed by atoms with E-state index in [1.54, 1.807) is 55.6 Å². The molecule has 7 heteroatoms. The van der Waals surface area contributed by atoms with Gasteiger partial charge in [0, 0.05) is 11.7 Å². The van der Waals surface area contributed by atoms with E-state index in [9.17, 15) is 9.59 Å². The van der Waals surface area contributed by atoms with Gasteiger partial charge in [-0.15, -0.1) is 0 Å². The summed E-state index contributed by atoms with van der Waals surface area (Å²) in [5.41, 5.74) is 1.58. The highest BCUT2D eigenvalue weighted by Gasteiger charge is 2.22. The Morgan fingerprint density at radius 3 is 2.40 bits per heavy atom. The lowest BCUT2D eigenvalue weighted by atomic mass is 10.0. The van der Waals surface area contributed by atoms with Crippen molar-refractivity contribution in [3.05, 3.63) is 54.1 Å². The fraction of sp³-hybridized carbons (Fsp3) is 0.391. The predicted octanol–water partition coefficient (Wildman–Crippen LogP) is 2.91. The Labute approximate surface area is 178 Å². The minimum Gasteiger partial charge on any atom is -0.497 e. The summed E-state index contributed by atoms with van der Waals surface area (Å²) in [4.78, 5) is 29.8. The van der Waals surface area contributed by atoms with Gasteiger partial charge in [-0.3, -0.25) is 14.5 Å². The molecule has 1 saturated heterocycles. The van der Waals surface area contributed by atoms with Crippen LogP contribution in [0.4, 0.5) is 11.4 Å². The lowest BCUT2D eigenvalue weighted by Crippen LogP contribution is -2.44. The molecule has 0 spiro atoms. The van der Waals surface area contributed by atoms with Crippen molar-refractivity contribution < 1.29 is 14.3 Å². The molecule has 3 rings (SSSR count). The van der Waals surface area contributed by atoms with E-state index in [0.29, 0.717) is 29.5 Å². The average Bonchev–Trinajstić information content (AvgIpc) is 2.75. The molecule has 1 aliphatic heterocycles. The standard InChI is InChI=1S/C23H30N4O3/c1-26-14-12-18(13-15-26)27(2)16-22(28)25-21-7-5-4-6-20(21)23(29)24-17-8-10-19(30-3)11-9-17/h4-11,18H,12-16H2,1-3H3,(H,24,29)(H,25,28). The normalized spacial score (nSPS) is 15.1. The van der Waals surface area contributed by atoms with Gasteiger partial charge in [0.25, 0.3) is 5.91 Å². The Kier molecular flexibility index (Phi) is 7.43. The second kappa shape index (κ2) is 10.2. The molecule has 2 amide bonds. The fourth-order valence-electron chi connectivity index (χ4n) is 3.64. The molecule has 160 valence electrons. The second-order valence-electron chi connectivity index (χ2n) is 7.73. The van der Waals surface area contributed by atoms with E-state index in [-0.39, 0.29) is 11.8 Å². The van der Waals surface area contributed by atoms with Crippen LogP contribution in [0.2, 0.25) is 0 Å². The van der Waals surface area contributed by atoms with Gasteiger partial charge in [0.05, 0.1) is 24.9 Å². The predicted molar refractivity (Wildman–Crippen MR) is 119 cm³/mol. The maximum absolute atomic E-state index is 12.8. The topological polar surface area (TPSA) is 73.9 Å². The third-order valence-corrected chi connectivity index (χ3v) is 5.50. The summed E-state index contributed by atoms with van der Waals surface area (Å²) in [6.07, 6.45) is 2.11. The van der Waals surface area contributed by atoms with Crippen molar-refractivity contribution in [3.8, 4) is 5.75 Å². The molecule has 2 aromatic rings. The second-order valence-corrected chi connectivity index (χ2v) is 7.73. The van der Waals surface area contributed by atoms with Crippen molar-refractivity contribution in [2.75, 3.05) is 51.5 Å². The number of nitrogens with zero attached hydrogens (tertiary/aromatic N) is 2. The van der Waals surface area contributed by atoms with E-state index in [0.717, 1.165) is 31.7 Å². The van der Waals surface area contributed by atoms with E-state index in [2.05, 4.69) is 27.5 Å². The van der Waals surface area contributed by atoms with E-state index in [4.69, 9.17) is 4.74 Å². The van der Waals surface area contributed by atoms with Crippen LogP contribution in [-0.2, 0) is 4.79 Å². The molecule has 1 fully saturated rings. The summed E-state index contributed by atoms with van der Waals surface area (Å²) in [6.45, 7) is 2.39. The Morgan fingerprint density at radius 2 is 1.73 bits per heavy atom. The van der Waals surface area contributed by atoms with Crippen LogP contribution in [0, 0.1) is 0 Å². The first-order valence-electron chi connectivity index (χ1n) is 10.2. The molecule has 1 heterocycles. The number of benzene rings is 2. The van der Waals surface area contributed by atoms with E-state index in [1.807, 2.05) is 7.05 Å². The number of carbonyl (C=O) groups is 2. The van der Waals surface area contributed by atoms with E-state index in [1.165, 1.54) is 0 Å². The SMILES string of the molecule is COc1ccc(NC(=O)c2ccccc2NC(=O)CN(C)C2CCN(C)CC2)cc1. The largest absolute Gasteiger partial charge is 0.497 e. The number of nitrogens with one attached hydrogen (secondary N) is 2. The highest BCUT2D eigenvalue weighted by molar-refractivity contribution is 6.10. The van der Waals surface area contributed by atoms with Crippen molar-refractivity contribution >= 4 is 23.2 Å². The summed E-state index contributed by atoms with van der Waals surface area (Å²) in [6, 6.07) is 14.5. The number of amides is 2. The summed E-state index contributed by atoms with van der Waals surface area (Å²) in [5.74, 6) is 0.315. The van der Waals surface area contributed by atoms with Gasteiger partial charge >= 0.3 is 0 Å². The number of hydrogen-bond acceptors (Lipinski definition) is 5. The van der Waals surface area contributed by atoms with Gasteiger partial charge in [0.2, 0.25) is 5.91 Å². The maximum atomic E-state index is 12.8. The molecule has 0 aliphatic carbocycles. The quantitative estimate of drug-likeness (QED) is 0.734. The first-order valence-corrected chi connectivity index (χ1v) is 10.2. The van der Waals surface area contributed by atoms with Crippen molar-refractivity contribution in [1.29, 1.82) is 0 Å². The number of likely N-dealkylation sites (tertiary alicyclic amines) is 1. The molecule has 0 bridgehead atoms. The lowest BCUT2D eigenvalue weighted by molar-refractivity contribution is -0.117. The first kappa shape index (κ1) is 21.8. The number of likely N-dealkylation sites (N-methyl/N-ethyl adjacent to an activating group) is 1. The molecule has 0 atom stereocenters. The van der Waals surface area contributed by atoms with Gasteiger partial charge in [-0.2, -0.15) is 0 Å². The summed E-state index contributed by atoms with van der Waals surface area (Å²) < 4.78 is 5.14. The number of para-hydroxylation sites is 1. The highest BCUT2D eigenvalue weighted by Crippen LogP contribution is 2.20. The van der Waals surface area contributed by atoms with Crippen LogP contribution < -0.4 is 15.4 Å². The van der Waals surface area contributed by atoms with Gasteiger partial charge in [0.1, 0.15) is 5.75 Å². The number of piperidine rings is 1. The van der Waals surface area contributed by atoms with Gasteiger partial charge in [-0.05, 0) is 76.4 Å². The third-order valence-electron chi connectivity index (χ3n) is 5.50. The zero-order valence-corrected chi connectivity index (χ0v) is 17.9. The zero-order chi connectivity index (χ0) is 21.5. The van der Waals surface area contributed by atoms with Crippen molar-refractivity contribution in [2.24, 2.45) is 0 Å². The van der Waals surface area contributed by atoms with Crippen LogP contribution in [0.1, 0.15) is 23.2 Å². The number of rotatable bonds is 7. The monoisotopic (exact) mass is 410 g/mol. The number of hydrogen-bond donors (Lipinski definition) is 2. The number of anilines is 2. The fourth-order valence-corrected chi connectivity index (χ4v) is 3.64. The van der Waals surface area contributed by atoms with Gasteiger partial charge in [0.15, 0.2) is 0 Å². The smallest absolute Gasteiger partial charge is 0.257 e. The minimum absolute atomic E-state index is 0.124. The van der Waals surface area contributed by atoms with Crippen LogP contribution in [0.25, 0.3) is 0 Å². The lowest BCUT2D eigenvalue weighted by Gasteiger charge is -2.34. The highest BCUT2D eigenvalue weighted by atomic mass is 16.5. The van der Waals surface area contributed by atoms with Gasteiger partial charge in [-0.1, -0.05) is 12.1 Å². The summed E-state index contributed by atoms with van der Waals surface area (Å²) in [5, 5.41) is 5.76. The van der Waals surface area contributed by atoms with Crippen molar-refractivity contribution in [3.63, 3.8) is 0 Å². The number of ether oxygens (including phenoxy) is 1. The van der Waals surface area contributed by atoms with Gasteiger partial charge in [-0.25, -0.2) is 0 Å². The molecule has 30 heavy (non-hydrogen) atoms. The van der Waals surface area contributed by atoms with Crippen LogP contribution in [0.15, 0.2) is 48.5 Å². The van der Waals surface area contributed by atoms with E-state index < -0.39 is 0 Å². The Hall–Kier alpha value is -2.90. The zero-order valence-electron chi connectivity index (χ0n) is 17.9. The first-order chi connectivity index (χ1) is 14.5. The number of methoxy groups -OCH3 is 1. The molecular weight excluding hydrogens is 380 g/mol. The van der Waals surface area contributed by atoms with Crippen LogP contribution in [0.3, 0.4) is 0 Å². The summed E-state index contributed by atoms with van der Waals surface area (Å²) >= 11 is 0. The average molecular weight is 411 g/mol. The Bertz CT molecular complexity index is 861. The van der Waals surface area contributed by atoms with Crippen LogP contribution in [0.5, 0.6) is 5.75 Å². The van der Waals surface area contributed by atoms with Gasteiger partial charge < -0.3 is 20.3 Å². The maximum Gasteiger partial charge on any atom is 0.257 e. The molecule has 7 nitrogen and oxygen atoms in total. The molecule has 0 saturated carbocycles. The van der Waals surface area contributed by atoms with Crippen LogP contribution >= 0.6 is 0 Å².